The maximum atomic E-state index is 11.6. The lowest BCUT2D eigenvalue weighted by Crippen LogP contribution is -2.36. The van der Waals surface area contributed by atoms with E-state index < -0.39 is 0 Å². The van der Waals surface area contributed by atoms with Gasteiger partial charge in [0.05, 0.1) is 0 Å². The number of hydrogen-bond donors (Lipinski definition) is 1. The van der Waals surface area contributed by atoms with Gasteiger partial charge in [-0.3, -0.25) is 9.59 Å². The number of hydrogen-bond acceptors (Lipinski definition) is 3. The van der Waals surface area contributed by atoms with Crippen LogP contribution in [0.25, 0.3) is 0 Å². The molecule has 0 heterocycles. The second-order valence-electron chi connectivity index (χ2n) is 4.56. The monoisotopic (exact) mass is 263 g/mol. The van der Waals surface area contributed by atoms with Crippen LogP contribution in [0.4, 0.5) is 11.4 Å². The number of anilines is 2. The second-order valence-corrected chi connectivity index (χ2v) is 4.56. The quantitative estimate of drug-likeness (QED) is 0.869. The van der Waals surface area contributed by atoms with Crippen molar-refractivity contribution in [2.24, 2.45) is 0 Å². The summed E-state index contributed by atoms with van der Waals surface area (Å²) < 4.78 is 0. The summed E-state index contributed by atoms with van der Waals surface area (Å²) in [5.41, 5.74) is 1.91. The number of amides is 2. The van der Waals surface area contributed by atoms with Crippen LogP contribution in [0.2, 0.25) is 0 Å². The van der Waals surface area contributed by atoms with Crippen molar-refractivity contribution in [3.05, 3.63) is 24.3 Å². The predicted octanol–water partition coefficient (Wildman–Crippen LogP) is 1.24. The Balaban J connectivity index is 2.75. The van der Waals surface area contributed by atoms with E-state index in [1.165, 1.54) is 13.8 Å². The Morgan fingerprint density at radius 1 is 1.05 bits per heavy atom. The summed E-state index contributed by atoms with van der Waals surface area (Å²) >= 11 is 0. The molecular formula is C14H21N3O2. The van der Waals surface area contributed by atoms with Crippen molar-refractivity contribution in [2.75, 3.05) is 37.0 Å². The number of rotatable bonds is 5. The SMILES string of the molecule is CC(=O)NCCN(C(C)=O)c1ccc(N(C)C)cc1. The zero-order valence-electron chi connectivity index (χ0n) is 11.9. The van der Waals surface area contributed by atoms with Crippen molar-refractivity contribution in [2.45, 2.75) is 13.8 Å². The lowest BCUT2D eigenvalue weighted by Gasteiger charge is -2.22. The Labute approximate surface area is 114 Å². The predicted molar refractivity (Wildman–Crippen MR) is 77.5 cm³/mol. The summed E-state index contributed by atoms with van der Waals surface area (Å²) in [7, 11) is 3.93. The Bertz CT molecular complexity index is 441. The Morgan fingerprint density at radius 2 is 1.58 bits per heavy atom. The molecule has 1 aromatic carbocycles. The number of carbonyl (C=O) groups excluding carboxylic acids is 2. The Kier molecular flexibility index (Phi) is 5.36. The smallest absolute Gasteiger partial charge is 0.223 e. The fourth-order valence-corrected chi connectivity index (χ4v) is 1.74. The Hall–Kier alpha value is -2.04. The molecule has 19 heavy (non-hydrogen) atoms. The molecule has 0 spiro atoms. The molecule has 1 rings (SSSR count). The van der Waals surface area contributed by atoms with Gasteiger partial charge in [-0.2, -0.15) is 0 Å². The molecule has 0 radical (unpaired) electrons. The molecule has 0 bridgehead atoms. The highest BCUT2D eigenvalue weighted by Gasteiger charge is 2.11. The van der Waals surface area contributed by atoms with E-state index in [-0.39, 0.29) is 11.8 Å². The maximum absolute atomic E-state index is 11.6. The third kappa shape index (κ3) is 4.62. The van der Waals surface area contributed by atoms with Gasteiger partial charge in [0.15, 0.2) is 0 Å². The molecule has 0 fully saturated rings. The molecule has 1 aromatic rings. The number of benzene rings is 1. The molecule has 0 unspecified atom stereocenters. The zero-order valence-corrected chi connectivity index (χ0v) is 11.9. The molecular weight excluding hydrogens is 242 g/mol. The molecule has 0 saturated carbocycles. The van der Waals surface area contributed by atoms with E-state index in [2.05, 4.69) is 5.32 Å². The molecule has 104 valence electrons. The number of nitrogens with zero attached hydrogens (tertiary/aromatic N) is 2. The first-order valence-corrected chi connectivity index (χ1v) is 6.21. The maximum Gasteiger partial charge on any atom is 0.223 e. The minimum Gasteiger partial charge on any atom is -0.378 e. The highest BCUT2D eigenvalue weighted by atomic mass is 16.2. The zero-order chi connectivity index (χ0) is 14.4. The first kappa shape index (κ1) is 15.0. The van der Waals surface area contributed by atoms with E-state index in [0.717, 1.165) is 11.4 Å². The molecule has 0 atom stereocenters. The van der Waals surface area contributed by atoms with Gasteiger partial charge in [0.25, 0.3) is 0 Å². The van der Waals surface area contributed by atoms with Crippen LogP contribution in [-0.2, 0) is 9.59 Å². The summed E-state index contributed by atoms with van der Waals surface area (Å²) in [6.07, 6.45) is 0. The summed E-state index contributed by atoms with van der Waals surface area (Å²) in [6, 6.07) is 7.74. The number of nitrogens with one attached hydrogen (secondary N) is 1. The van der Waals surface area contributed by atoms with Crippen molar-refractivity contribution < 1.29 is 9.59 Å². The fourth-order valence-electron chi connectivity index (χ4n) is 1.74. The van der Waals surface area contributed by atoms with E-state index in [0.29, 0.717) is 13.1 Å². The molecule has 0 aliphatic carbocycles. The van der Waals surface area contributed by atoms with E-state index in [9.17, 15) is 9.59 Å². The van der Waals surface area contributed by atoms with E-state index in [1.54, 1.807) is 4.90 Å². The largest absolute Gasteiger partial charge is 0.378 e. The fraction of sp³-hybridized carbons (Fsp3) is 0.429. The average molecular weight is 263 g/mol. The van der Waals surface area contributed by atoms with Crippen molar-refractivity contribution in [1.29, 1.82) is 0 Å². The topological polar surface area (TPSA) is 52.7 Å². The van der Waals surface area contributed by atoms with Gasteiger partial charge in [0.1, 0.15) is 0 Å². The van der Waals surface area contributed by atoms with E-state index >= 15 is 0 Å². The molecule has 1 N–H and O–H groups in total. The Morgan fingerprint density at radius 3 is 2.00 bits per heavy atom. The van der Waals surface area contributed by atoms with E-state index in [4.69, 9.17) is 0 Å². The standard InChI is InChI=1S/C14H21N3O2/c1-11(18)15-9-10-17(12(2)19)14-7-5-13(6-8-14)16(3)4/h5-8H,9-10H2,1-4H3,(H,15,18). The molecule has 5 nitrogen and oxygen atoms in total. The van der Waals surface area contributed by atoms with Crippen molar-refractivity contribution >= 4 is 23.2 Å². The lowest BCUT2D eigenvalue weighted by molar-refractivity contribution is -0.119. The van der Waals surface area contributed by atoms with Gasteiger partial charge in [0, 0.05) is 52.4 Å². The molecule has 2 amide bonds. The van der Waals surface area contributed by atoms with Crippen LogP contribution in [0.5, 0.6) is 0 Å². The summed E-state index contributed by atoms with van der Waals surface area (Å²) in [4.78, 5) is 26.1. The van der Waals surface area contributed by atoms with Crippen LogP contribution in [0, 0.1) is 0 Å². The number of carbonyl (C=O) groups is 2. The van der Waals surface area contributed by atoms with Crippen LogP contribution in [-0.4, -0.2) is 39.0 Å². The van der Waals surface area contributed by atoms with Crippen molar-refractivity contribution in [1.82, 2.24) is 5.32 Å². The van der Waals surface area contributed by atoms with Crippen LogP contribution in [0.1, 0.15) is 13.8 Å². The summed E-state index contributed by atoms with van der Waals surface area (Å²) in [6.45, 7) is 3.90. The summed E-state index contributed by atoms with van der Waals surface area (Å²) in [5, 5.41) is 2.69. The molecule has 0 aliphatic heterocycles. The highest BCUT2D eigenvalue weighted by Crippen LogP contribution is 2.19. The average Bonchev–Trinajstić information content (AvgIpc) is 2.34. The third-order valence-electron chi connectivity index (χ3n) is 2.77. The van der Waals surface area contributed by atoms with Gasteiger partial charge in [0.2, 0.25) is 11.8 Å². The van der Waals surface area contributed by atoms with Gasteiger partial charge in [-0.1, -0.05) is 0 Å². The van der Waals surface area contributed by atoms with E-state index in [1.807, 2.05) is 43.3 Å². The molecule has 0 aliphatic rings. The third-order valence-corrected chi connectivity index (χ3v) is 2.77. The highest BCUT2D eigenvalue weighted by molar-refractivity contribution is 5.91. The molecule has 0 aromatic heterocycles. The molecule has 5 heteroatoms. The van der Waals surface area contributed by atoms with Gasteiger partial charge < -0.3 is 15.1 Å². The van der Waals surface area contributed by atoms with Crippen LogP contribution in [0.15, 0.2) is 24.3 Å². The first-order chi connectivity index (χ1) is 8.91. The van der Waals surface area contributed by atoms with Crippen molar-refractivity contribution in [3.63, 3.8) is 0 Å². The minimum absolute atomic E-state index is 0.0389. The van der Waals surface area contributed by atoms with Gasteiger partial charge >= 0.3 is 0 Å². The van der Waals surface area contributed by atoms with Crippen LogP contribution in [0.3, 0.4) is 0 Å². The second kappa shape index (κ2) is 6.78. The summed E-state index contributed by atoms with van der Waals surface area (Å²) in [5.74, 6) is -0.130. The van der Waals surface area contributed by atoms with Crippen molar-refractivity contribution in [3.8, 4) is 0 Å². The minimum atomic E-state index is -0.0912. The normalized spacial score (nSPS) is 9.89. The van der Waals surface area contributed by atoms with Crippen LogP contribution < -0.4 is 15.1 Å². The van der Waals surface area contributed by atoms with Gasteiger partial charge in [-0.25, -0.2) is 0 Å². The first-order valence-electron chi connectivity index (χ1n) is 6.21. The molecule has 0 saturated heterocycles. The van der Waals surface area contributed by atoms with Gasteiger partial charge in [-0.15, -0.1) is 0 Å². The van der Waals surface area contributed by atoms with Crippen LogP contribution >= 0.6 is 0 Å². The lowest BCUT2D eigenvalue weighted by atomic mass is 10.2. The van der Waals surface area contributed by atoms with Gasteiger partial charge in [-0.05, 0) is 24.3 Å².